The van der Waals surface area contributed by atoms with E-state index in [-0.39, 0.29) is 18.4 Å². The van der Waals surface area contributed by atoms with Gasteiger partial charge in [-0.25, -0.2) is 4.68 Å². The van der Waals surface area contributed by atoms with Gasteiger partial charge in [0, 0.05) is 11.2 Å². The zero-order valence-electron chi connectivity index (χ0n) is 21.5. The summed E-state index contributed by atoms with van der Waals surface area (Å²) < 4.78 is 7.52. The molecule has 8 heteroatoms. The second kappa shape index (κ2) is 10.4. The number of aryl methyl sites for hydroxylation is 2. The van der Waals surface area contributed by atoms with Gasteiger partial charge in [-0.05, 0) is 69.5 Å². The molecule has 0 fully saturated rings. The fourth-order valence-electron chi connectivity index (χ4n) is 4.17. The van der Waals surface area contributed by atoms with Crippen LogP contribution in [0.5, 0.6) is 0 Å². The topological polar surface area (TPSA) is 93.3 Å². The van der Waals surface area contributed by atoms with Crippen LogP contribution in [0.25, 0.3) is 11.0 Å². The third-order valence-electron chi connectivity index (χ3n) is 6.49. The van der Waals surface area contributed by atoms with E-state index in [1.54, 1.807) is 21.7 Å². The number of anilines is 1. The van der Waals surface area contributed by atoms with Crippen LogP contribution in [0.2, 0.25) is 0 Å². The number of hydrogen-bond donors (Lipinski definition) is 1. The number of rotatable bonds is 9. The highest BCUT2D eigenvalue weighted by Crippen LogP contribution is 2.33. The maximum atomic E-state index is 14.1. The molecule has 8 nitrogen and oxygen atoms in total. The fourth-order valence-corrected chi connectivity index (χ4v) is 4.17. The van der Waals surface area contributed by atoms with Gasteiger partial charge >= 0.3 is 0 Å². The first-order valence-corrected chi connectivity index (χ1v) is 12.3. The van der Waals surface area contributed by atoms with Gasteiger partial charge in [0.25, 0.3) is 5.91 Å². The zero-order valence-corrected chi connectivity index (χ0v) is 21.5. The SMILES string of the molecule is CCc1ccccc1N(C(=O)Cn1nnc2ccccc21)C(C(=O)NC(C)(C)CC)c1ccc(C)o1. The molecular weight excluding hydrogens is 454 g/mol. The molecule has 0 radical (unpaired) electrons. The van der Waals surface area contributed by atoms with Crippen molar-refractivity contribution in [1.29, 1.82) is 0 Å². The summed E-state index contributed by atoms with van der Waals surface area (Å²) in [6.45, 7) is 9.70. The third-order valence-corrected chi connectivity index (χ3v) is 6.49. The Bertz CT molecular complexity index is 1370. The Morgan fingerprint density at radius 1 is 1.06 bits per heavy atom. The second-order valence-electron chi connectivity index (χ2n) is 9.56. The summed E-state index contributed by atoms with van der Waals surface area (Å²) in [7, 11) is 0. The standard InChI is InChI=1S/C28H33N5O3/c1-6-20-12-8-10-14-22(20)33(25(34)18-32-23-15-11-9-13-21(23)30-31-32)26(24-17-16-19(3)36-24)27(35)29-28(4,5)7-2/h8-17,26H,6-7,18H2,1-5H3,(H,29,35). The van der Waals surface area contributed by atoms with Gasteiger partial charge in [-0.3, -0.25) is 14.5 Å². The normalized spacial score (nSPS) is 12.5. The van der Waals surface area contributed by atoms with Gasteiger partial charge in [0.05, 0.1) is 5.52 Å². The number of carbonyl (C=O) groups excluding carboxylic acids is 2. The quantitative estimate of drug-likeness (QED) is 0.360. The summed E-state index contributed by atoms with van der Waals surface area (Å²) >= 11 is 0. The molecule has 1 atom stereocenters. The Morgan fingerprint density at radius 3 is 2.47 bits per heavy atom. The highest BCUT2D eigenvalue weighted by atomic mass is 16.3. The van der Waals surface area contributed by atoms with Crippen LogP contribution >= 0.6 is 0 Å². The van der Waals surface area contributed by atoms with Crippen molar-refractivity contribution in [2.75, 3.05) is 4.90 Å². The number of nitrogens with one attached hydrogen (secondary N) is 1. The number of amides is 2. The van der Waals surface area contributed by atoms with Crippen molar-refractivity contribution in [2.24, 2.45) is 0 Å². The van der Waals surface area contributed by atoms with Crippen molar-refractivity contribution >= 4 is 28.5 Å². The third kappa shape index (κ3) is 5.17. The predicted molar refractivity (Wildman–Crippen MR) is 140 cm³/mol. The number of hydrogen-bond acceptors (Lipinski definition) is 5. The first-order chi connectivity index (χ1) is 17.2. The summed E-state index contributed by atoms with van der Waals surface area (Å²) in [6.07, 6.45) is 1.42. The Morgan fingerprint density at radius 2 is 1.78 bits per heavy atom. The van der Waals surface area contributed by atoms with Crippen LogP contribution in [0, 0.1) is 6.92 Å². The molecule has 188 valence electrons. The monoisotopic (exact) mass is 487 g/mol. The molecule has 4 aromatic rings. The van der Waals surface area contributed by atoms with E-state index in [9.17, 15) is 9.59 Å². The van der Waals surface area contributed by atoms with E-state index in [2.05, 4.69) is 15.6 Å². The molecule has 2 amide bonds. The summed E-state index contributed by atoms with van der Waals surface area (Å²) in [5.74, 6) is 0.463. The lowest BCUT2D eigenvalue weighted by Gasteiger charge is -2.34. The molecule has 0 aliphatic heterocycles. The Balaban J connectivity index is 1.84. The summed E-state index contributed by atoms with van der Waals surface area (Å²) in [5.41, 5.74) is 2.60. The first kappa shape index (κ1) is 25.2. The lowest BCUT2D eigenvalue weighted by molar-refractivity contribution is -0.128. The number of para-hydroxylation sites is 2. The van der Waals surface area contributed by atoms with E-state index in [4.69, 9.17) is 4.42 Å². The molecular formula is C28H33N5O3. The molecule has 0 aliphatic carbocycles. The van der Waals surface area contributed by atoms with Gasteiger partial charge in [0.1, 0.15) is 23.6 Å². The number of carbonyl (C=O) groups is 2. The minimum atomic E-state index is -1.00. The van der Waals surface area contributed by atoms with Crippen LogP contribution in [0.4, 0.5) is 5.69 Å². The molecule has 0 saturated heterocycles. The van der Waals surface area contributed by atoms with Gasteiger partial charge < -0.3 is 9.73 Å². The Labute approximate surface area is 211 Å². The molecule has 0 saturated carbocycles. The van der Waals surface area contributed by atoms with E-state index < -0.39 is 11.6 Å². The van der Waals surface area contributed by atoms with Crippen molar-refractivity contribution in [3.05, 3.63) is 77.7 Å². The minimum absolute atomic E-state index is 0.0841. The van der Waals surface area contributed by atoms with Crippen molar-refractivity contribution in [1.82, 2.24) is 20.3 Å². The molecule has 0 aliphatic rings. The maximum Gasteiger partial charge on any atom is 0.251 e. The van der Waals surface area contributed by atoms with Crippen molar-refractivity contribution < 1.29 is 14.0 Å². The van der Waals surface area contributed by atoms with Crippen molar-refractivity contribution in [2.45, 2.75) is 65.6 Å². The summed E-state index contributed by atoms with van der Waals surface area (Å²) in [6, 6.07) is 17.7. The van der Waals surface area contributed by atoms with Crippen molar-refractivity contribution in [3.63, 3.8) is 0 Å². The molecule has 2 heterocycles. The summed E-state index contributed by atoms with van der Waals surface area (Å²) in [5, 5.41) is 11.5. The fraction of sp³-hybridized carbons (Fsp3) is 0.357. The highest BCUT2D eigenvalue weighted by molar-refractivity contribution is 6.02. The van der Waals surface area contributed by atoms with Crippen LogP contribution < -0.4 is 10.2 Å². The van der Waals surface area contributed by atoms with Crippen LogP contribution in [0.1, 0.15) is 57.2 Å². The lowest BCUT2D eigenvalue weighted by Crippen LogP contribution is -2.51. The largest absolute Gasteiger partial charge is 0.464 e. The zero-order chi connectivity index (χ0) is 25.9. The first-order valence-electron chi connectivity index (χ1n) is 12.3. The van der Waals surface area contributed by atoms with Crippen LogP contribution in [0.3, 0.4) is 0 Å². The van der Waals surface area contributed by atoms with E-state index in [0.717, 1.165) is 17.5 Å². The molecule has 2 aromatic carbocycles. The molecule has 1 unspecified atom stereocenters. The molecule has 4 rings (SSSR count). The van der Waals surface area contributed by atoms with Gasteiger partial charge in [-0.15, -0.1) is 5.10 Å². The molecule has 0 bridgehead atoms. The number of fused-ring (bicyclic) bond motifs is 1. The predicted octanol–water partition coefficient (Wildman–Crippen LogP) is 4.97. The molecule has 2 aromatic heterocycles. The summed E-state index contributed by atoms with van der Waals surface area (Å²) in [4.78, 5) is 29.5. The highest BCUT2D eigenvalue weighted by Gasteiger charge is 2.38. The van der Waals surface area contributed by atoms with E-state index in [0.29, 0.717) is 29.1 Å². The van der Waals surface area contributed by atoms with Crippen LogP contribution in [-0.2, 0) is 22.6 Å². The molecule has 36 heavy (non-hydrogen) atoms. The Kier molecular flexibility index (Phi) is 7.24. The van der Waals surface area contributed by atoms with E-state index >= 15 is 0 Å². The van der Waals surface area contributed by atoms with Gasteiger partial charge in [-0.2, -0.15) is 0 Å². The molecule has 1 N–H and O–H groups in total. The average molecular weight is 488 g/mol. The van der Waals surface area contributed by atoms with Crippen LogP contribution in [-0.4, -0.2) is 32.3 Å². The average Bonchev–Trinajstić information content (AvgIpc) is 3.48. The van der Waals surface area contributed by atoms with E-state index in [1.807, 2.05) is 83.1 Å². The van der Waals surface area contributed by atoms with Crippen molar-refractivity contribution in [3.8, 4) is 0 Å². The van der Waals surface area contributed by atoms with Gasteiger partial charge in [-0.1, -0.05) is 49.4 Å². The van der Waals surface area contributed by atoms with E-state index in [1.165, 1.54) is 0 Å². The van der Waals surface area contributed by atoms with Gasteiger partial charge in [0.15, 0.2) is 6.04 Å². The minimum Gasteiger partial charge on any atom is -0.464 e. The van der Waals surface area contributed by atoms with Crippen LogP contribution in [0.15, 0.2) is 65.1 Å². The van der Waals surface area contributed by atoms with Gasteiger partial charge in [0.2, 0.25) is 5.91 Å². The Hall–Kier alpha value is -3.94. The number of aromatic nitrogens is 3. The molecule has 0 spiro atoms. The smallest absolute Gasteiger partial charge is 0.251 e. The number of nitrogens with zero attached hydrogens (tertiary/aromatic N) is 4. The maximum absolute atomic E-state index is 14.1. The lowest BCUT2D eigenvalue weighted by atomic mass is 10.00. The number of benzene rings is 2. The number of furan rings is 1. The second-order valence-corrected chi connectivity index (χ2v) is 9.56.